The van der Waals surface area contributed by atoms with E-state index >= 15 is 0 Å². The summed E-state index contributed by atoms with van der Waals surface area (Å²) in [7, 11) is 0. The summed E-state index contributed by atoms with van der Waals surface area (Å²) >= 11 is 0. The Labute approximate surface area is 129 Å². The molecular formula is C15H17F5O3. The molecule has 5 unspecified atom stereocenters. The highest BCUT2D eigenvalue weighted by atomic mass is 19.4. The first-order chi connectivity index (χ1) is 10.4. The van der Waals surface area contributed by atoms with Crippen LogP contribution in [0.3, 0.4) is 0 Å². The molecule has 0 aromatic rings. The van der Waals surface area contributed by atoms with Gasteiger partial charge in [0.25, 0.3) is 0 Å². The number of alkyl halides is 5. The Morgan fingerprint density at radius 2 is 1.91 bits per heavy atom. The first-order valence-corrected chi connectivity index (χ1v) is 7.41. The fraction of sp³-hybridized carbons (Fsp3) is 0.800. The number of hydrogen-bond donors (Lipinski definition) is 0. The van der Waals surface area contributed by atoms with Crippen LogP contribution in [0.1, 0.15) is 26.7 Å². The second-order valence-electron chi connectivity index (χ2n) is 6.76. The molecule has 3 nitrogen and oxygen atoms in total. The van der Waals surface area contributed by atoms with Crippen molar-refractivity contribution in [1.29, 1.82) is 0 Å². The minimum absolute atomic E-state index is 0.0333. The third-order valence-corrected chi connectivity index (χ3v) is 5.45. The quantitative estimate of drug-likeness (QED) is 0.439. The van der Waals surface area contributed by atoms with E-state index in [1.165, 1.54) is 0 Å². The average Bonchev–Trinajstić information content (AvgIpc) is 3.07. The van der Waals surface area contributed by atoms with Crippen molar-refractivity contribution >= 4 is 5.97 Å². The van der Waals surface area contributed by atoms with E-state index in [1.807, 2.05) is 6.08 Å². The first-order valence-electron chi connectivity index (χ1n) is 7.41. The first kappa shape index (κ1) is 16.7. The fourth-order valence-electron chi connectivity index (χ4n) is 4.18. The minimum Gasteiger partial charge on any atom is -0.450 e. The zero-order valence-electron chi connectivity index (χ0n) is 12.6. The van der Waals surface area contributed by atoms with Crippen molar-refractivity contribution in [3.05, 3.63) is 12.2 Å². The zero-order valence-corrected chi connectivity index (χ0v) is 12.6. The molecule has 2 aliphatic carbocycles. The molecule has 3 rings (SSSR count). The average molecular weight is 340 g/mol. The Morgan fingerprint density at radius 3 is 2.30 bits per heavy atom. The number of rotatable bonds is 2. The Bertz CT molecular complexity index is 558. The van der Waals surface area contributed by atoms with Gasteiger partial charge in [0, 0.05) is 12.8 Å². The SMILES string of the molecule is CC(=O)OC1(C2CC3C=CC2C3)COC(C)(C(F)(F)F)C1(F)F. The van der Waals surface area contributed by atoms with Crippen molar-refractivity contribution in [1.82, 2.24) is 0 Å². The molecule has 0 amide bonds. The topological polar surface area (TPSA) is 35.5 Å². The number of carbonyl (C=O) groups is 1. The molecule has 8 heteroatoms. The molecule has 1 aliphatic heterocycles. The van der Waals surface area contributed by atoms with Crippen LogP contribution in [0.5, 0.6) is 0 Å². The van der Waals surface area contributed by atoms with Crippen LogP contribution in [0, 0.1) is 17.8 Å². The smallest absolute Gasteiger partial charge is 0.423 e. The van der Waals surface area contributed by atoms with Gasteiger partial charge in [-0.15, -0.1) is 0 Å². The maximum atomic E-state index is 15.0. The minimum atomic E-state index is -5.29. The third kappa shape index (κ3) is 1.99. The van der Waals surface area contributed by atoms with Gasteiger partial charge in [-0.05, 0) is 31.6 Å². The molecule has 1 heterocycles. The van der Waals surface area contributed by atoms with Crippen LogP contribution in [0.15, 0.2) is 12.2 Å². The summed E-state index contributed by atoms with van der Waals surface area (Å²) in [4.78, 5) is 11.4. The van der Waals surface area contributed by atoms with Crippen LogP contribution in [0.4, 0.5) is 22.0 Å². The highest BCUT2D eigenvalue weighted by molar-refractivity contribution is 5.67. The lowest BCUT2D eigenvalue weighted by atomic mass is 9.72. The van der Waals surface area contributed by atoms with E-state index in [4.69, 9.17) is 4.74 Å². The van der Waals surface area contributed by atoms with E-state index in [-0.39, 0.29) is 18.3 Å². The lowest BCUT2D eigenvalue weighted by Gasteiger charge is -2.43. The molecule has 2 bridgehead atoms. The van der Waals surface area contributed by atoms with Gasteiger partial charge < -0.3 is 9.47 Å². The Kier molecular flexibility index (Phi) is 3.39. The second-order valence-corrected chi connectivity index (χ2v) is 6.76. The summed E-state index contributed by atoms with van der Waals surface area (Å²) in [5.41, 5.74) is -6.27. The molecular weight excluding hydrogens is 323 g/mol. The van der Waals surface area contributed by atoms with Crippen molar-refractivity contribution in [3.63, 3.8) is 0 Å². The Hall–Kier alpha value is -1.18. The van der Waals surface area contributed by atoms with Crippen LogP contribution in [0.2, 0.25) is 0 Å². The lowest BCUT2D eigenvalue weighted by Crippen LogP contribution is -2.65. The number of esters is 1. The van der Waals surface area contributed by atoms with E-state index in [0.717, 1.165) is 6.92 Å². The van der Waals surface area contributed by atoms with Crippen LogP contribution in [0.25, 0.3) is 0 Å². The molecule has 0 radical (unpaired) electrons. The number of hydrogen-bond acceptors (Lipinski definition) is 3. The van der Waals surface area contributed by atoms with Crippen LogP contribution in [-0.4, -0.2) is 35.9 Å². The highest BCUT2D eigenvalue weighted by Gasteiger charge is 2.83. The van der Waals surface area contributed by atoms with E-state index in [0.29, 0.717) is 13.3 Å². The van der Waals surface area contributed by atoms with Gasteiger partial charge in [0.2, 0.25) is 11.2 Å². The highest BCUT2D eigenvalue weighted by Crippen LogP contribution is 2.62. The molecule has 23 heavy (non-hydrogen) atoms. The monoisotopic (exact) mass is 340 g/mol. The summed E-state index contributed by atoms with van der Waals surface area (Å²) < 4.78 is 79.2. The fourth-order valence-corrected chi connectivity index (χ4v) is 4.18. The molecule has 0 aromatic heterocycles. The maximum absolute atomic E-state index is 15.0. The summed E-state index contributed by atoms with van der Waals surface area (Å²) in [5, 5.41) is 0. The van der Waals surface area contributed by atoms with Crippen LogP contribution < -0.4 is 0 Å². The largest absolute Gasteiger partial charge is 0.450 e. The summed E-state index contributed by atoms with van der Waals surface area (Å²) in [5.74, 6) is -6.60. The number of carbonyl (C=O) groups excluding carboxylic acids is 1. The van der Waals surface area contributed by atoms with Crippen molar-refractivity contribution in [2.75, 3.05) is 6.61 Å². The molecule has 0 N–H and O–H groups in total. The second kappa shape index (κ2) is 4.68. The number of fused-ring (bicyclic) bond motifs is 2. The molecule has 1 saturated carbocycles. The van der Waals surface area contributed by atoms with Gasteiger partial charge in [0.05, 0.1) is 6.61 Å². The van der Waals surface area contributed by atoms with Crippen LogP contribution in [-0.2, 0) is 14.3 Å². The van der Waals surface area contributed by atoms with Crippen molar-refractivity contribution in [2.24, 2.45) is 17.8 Å². The van der Waals surface area contributed by atoms with E-state index in [9.17, 15) is 26.7 Å². The van der Waals surface area contributed by atoms with Gasteiger partial charge in [-0.2, -0.15) is 22.0 Å². The summed E-state index contributed by atoms with van der Waals surface area (Å²) in [6, 6.07) is 0. The number of allylic oxidation sites excluding steroid dienone is 2. The lowest BCUT2D eigenvalue weighted by molar-refractivity contribution is -0.325. The van der Waals surface area contributed by atoms with E-state index in [1.54, 1.807) is 6.08 Å². The van der Waals surface area contributed by atoms with E-state index < -0.39 is 41.8 Å². The Morgan fingerprint density at radius 1 is 1.26 bits per heavy atom. The standard InChI is InChI=1S/C15H17F5O3/c1-8(21)23-13(11-6-9-3-4-10(11)5-9)7-22-12(2,14(13,16)17)15(18,19)20/h3-4,9-11H,5-7H2,1-2H3. The molecule has 0 spiro atoms. The molecule has 0 aromatic carbocycles. The third-order valence-electron chi connectivity index (χ3n) is 5.45. The normalized spacial score (nSPS) is 44.7. The predicted molar refractivity (Wildman–Crippen MR) is 68.7 cm³/mol. The Balaban J connectivity index is 2.07. The van der Waals surface area contributed by atoms with Crippen molar-refractivity contribution in [2.45, 2.75) is 50.0 Å². The maximum Gasteiger partial charge on any atom is 0.423 e. The molecule has 2 fully saturated rings. The van der Waals surface area contributed by atoms with Gasteiger partial charge in [-0.3, -0.25) is 4.79 Å². The number of halogens is 5. The molecule has 1 saturated heterocycles. The molecule has 130 valence electrons. The van der Waals surface area contributed by atoms with Crippen molar-refractivity contribution in [3.8, 4) is 0 Å². The summed E-state index contributed by atoms with van der Waals surface area (Å²) in [6.45, 7) is 0.280. The summed E-state index contributed by atoms with van der Waals surface area (Å²) in [6.07, 6.45) is -0.831. The van der Waals surface area contributed by atoms with Gasteiger partial charge in [-0.1, -0.05) is 12.2 Å². The van der Waals surface area contributed by atoms with E-state index in [2.05, 4.69) is 4.74 Å². The van der Waals surface area contributed by atoms with Crippen LogP contribution >= 0.6 is 0 Å². The molecule has 3 aliphatic rings. The van der Waals surface area contributed by atoms with Gasteiger partial charge >= 0.3 is 18.1 Å². The van der Waals surface area contributed by atoms with Crippen molar-refractivity contribution < 1.29 is 36.2 Å². The van der Waals surface area contributed by atoms with Gasteiger partial charge in [0.1, 0.15) is 0 Å². The van der Waals surface area contributed by atoms with Gasteiger partial charge in [-0.25, -0.2) is 0 Å². The zero-order chi connectivity index (χ0) is 17.3. The van der Waals surface area contributed by atoms with Gasteiger partial charge in [0.15, 0.2) is 0 Å². The molecule has 5 atom stereocenters. The number of ether oxygens (including phenoxy) is 2. The predicted octanol–water partition coefficient (Wildman–Crippen LogP) is 3.49.